The van der Waals surface area contributed by atoms with Crippen molar-refractivity contribution in [3.05, 3.63) is 29.4 Å². The number of carboxylic acids is 1. The molecular formula is C14H19BN2O4. The van der Waals surface area contributed by atoms with Crippen molar-refractivity contribution in [1.82, 2.24) is 4.98 Å². The van der Waals surface area contributed by atoms with Gasteiger partial charge in [0.15, 0.2) is 5.69 Å². The van der Waals surface area contributed by atoms with Gasteiger partial charge in [-0.05, 0) is 45.4 Å². The van der Waals surface area contributed by atoms with Gasteiger partial charge in [0.2, 0.25) is 0 Å². The van der Waals surface area contributed by atoms with E-state index in [4.69, 9.17) is 20.1 Å². The number of nitrogen functional groups attached to an aromatic ring is 1. The lowest BCUT2D eigenvalue weighted by atomic mass is 9.89. The minimum Gasteiger partial charge on any atom is -0.477 e. The van der Waals surface area contributed by atoms with Crippen LogP contribution in [-0.4, -0.2) is 34.4 Å². The van der Waals surface area contributed by atoms with Gasteiger partial charge in [-0.1, -0.05) is 12.1 Å². The number of aromatic nitrogens is 1. The monoisotopic (exact) mass is 290 g/mol. The van der Waals surface area contributed by atoms with Crippen LogP contribution < -0.4 is 5.73 Å². The predicted molar refractivity (Wildman–Crippen MR) is 80.7 cm³/mol. The number of aromatic carboxylic acids is 1. The van der Waals surface area contributed by atoms with E-state index in [-0.39, 0.29) is 11.5 Å². The fourth-order valence-electron chi connectivity index (χ4n) is 1.94. The first-order chi connectivity index (χ1) is 9.60. The van der Waals surface area contributed by atoms with Crippen molar-refractivity contribution in [2.45, 2.75) is 38.9 Å². The molecule has 21 heavy (non-hydrogen) atoms. The highest BCUT2D eigenvalue weighted by molar-refractivity contribution is 6.52. The van der Waals surface area contributed by atoms with Gasteiger partial charge in [-0.3, -0.25) is 0 Å². The largest absolute Gasteiger partial charge is 0.487 e. The molecule has 3 N–H and O–H groups in total. The van der Waals surface area contributed by atoms with Gasteiger partial charge in [-0.2, -0.15) is 0 Å². The van der Waals surface area contributed by atoms with E-state index in [1.165, 1.54) is 6.07 Å². The number of nitrogens with zero attached hydrogens (tertiary/aromatic N) is 1. The Balaban J connectivity index is 2.18. The Morgan fingerprint density at radius 1 is 1.29 bits per heavy atom. The minimum atomic E-state index is -1.12. The zero-order valence-corrected chi connectivity index (χ0v) is 12.6. The Morgan fingerprint density at radius 2 is 1.86 bits per heavy atom. The van der Waals surface area contributed by atoms with Crippen LogP contribution in [-0.2, 0) is 9.31 Å². The summed E-state index contributed by atoms with van der Waals surface area (Å²) >= 11 is 0. The fraction of sp³-hybridized carbons (Fsp3) is 0.429. The molecule has 1 fully saturated rings. The summed E-state index contributed by atoms with van der Waals surface area (Å²) in [5.74, 6) is 0.771. The molecule has 1 saturated heterocycles. The summed E-state index contributed by atoms with van der Waals surface area (Å²) in [4.78, 5) is 14.7. The Kier molecular flexibility index (Phi) is 3.82. The van der Waals surface area contributed by atoms with Gasteiger partial charge < -0.3 is 20.1 Å². The number of hydrogen-bond acceptors (Lipinski definition) is 5. The van der Waals surface area contributed by atoms with Gasteiger partial charge in [-0.25, -0.2) is 9.78 Å². The molecule has 2 heterocycles. The zero-order valence-electron chi connectivity index (χ0n) is 12.6. The molecule has 7 heteroatoms. The summed E-state index contributed by atoms with van der Waals surface area (Å²) in [7, 11) is -0.488. The van der Waals surface area contributed by atoms with Crippen molar-refractivity contribution in [1.29, 1.82) is 0 Å². The lowest BCUT2D eigenvalue weighted by molar-refractivity contribution is 0.00578. The highest BCUT2D eigenvalue weighted by atomic mass is 16.7. The number of rotatable bonds is 3. The van der Waals surface area contributed by atoms with Gasteiger partial charge in [-0.15, -0.1) is 0 Å². The van der Waals surface area contributed by atoms with Crippen LogP contribution in [0.5, 0.6) is 0 Å². The molecule has 6 nitrogen and oxygen atoms in total. The highest BCUT2D eigenvalue weighted by Crippen LogP contribution is 2.37. The third-order valence-corrected chi connectivity index (χ3v) is 3.80. The Bertz CT molecular complexity index is 583. The van der Waals surface area contributed by atoms with E-state index < -0.39 is 24.3 Å². The van der Waals surface area contributed by atoms with Gasteiger partial charge >= 0.3 is 13.1 Å². The molecule has 0 aliphatic carbocycles. The third-order valence-electron chi connectivity index (χ3n) is 3.80. The second kappa shape index (κ2) is 5.16. The third kappa shape index (κ3) is 3.25. The Hall–Kier alpha value is -1.86. The topological polar surface area (TPSA) is 94.7 Å². The predicted octanol–water partition coefficient (Wildman–Crippen LogP) is 2.01. The van der Waals surface area contributed by atoms with E-state index >= 15 is 0 Å². The molecular weight excluding hydrogens is 271 g/mol. The summed E-state index contributed by atoms with van der Waals surface area (Å²) in [6.45, 7) is 7.86. The fourth-order valence-corrected chi connectivity index (χ4v) is 1.94. The van der Waals surface area contributed by atoms with E-state index in [0.717, 1.165) is 0 Å². The number of carboxylic acid groups (broad SMARTS) is 1. The summed E-state index contributed by atoms with van der Waals surface area (Å²) in [6, 6.07) is 3.04. The van der Waals surface area contributed by atoms with Crippen LogP contribution in [0.3, 0.4) is 0 Å². The Labute approximate surface area is 124 Å². The number of nitrogens with two attached hydrogens (primary N) is 1. The molecule has 0 amide bonds. The molecule has 2 rings (SSSR count). The molecule has 1 aromatic rings. The van der Waals surface area contributed by atoms with Crippen LogP contribution in [0.25, 0.3) is 6.08 Å². The van der Waals surface area contributed by atoms with E-state index in [1.807, 2.05) is 27.7 Å². The van der Waals surface area contributed by atoms with Gasteiger partial charge in [0, 0.05) is 0 Å². The maximum atomic E-state index is 10.9. The van der Waals surface area contributed by atoms with Crippen LogP contribution in [0.2, 0.25) is 0 Å². The van der Waals surface area contributed by atoms with Gasteiger partial charge in [0.1, 0.15) is 5.82 Å². The Morgan fingerprint density at radius 3 is 2.38 bits per heavy atom. The first kappa shape index (κ1) is 15.5. The summed E-state index contributed by atoms with van der Waals surface area (Å²) in [5.41, 5.74) is 5.31. The highest BCUT2D eigenvalue weighted by Gasteiger charge is 2.49. The summed E-state index contributed by atoms with van der Waals surface area (Å²) < 4.78 is 11.6. The van der Waals surface area contributed by atoms with Crippen molar-refractivity contribution in [2.75, 3.05) is 5.73 Å². The number of anilines is 1. The van der Waals surface area contributed by atoms with Crippen molar-refractivity contribution < 1.29 is 19.2 Å². The SMILES string of the molecule is CC1(C)OB(/C=C/c2cc(N)nc(C(=O)O)c2)OC1(C)C. The van der Waals surface area contributed by atoms with Crippen LogP contribution in [0.4, 0.5) is 5.82 Å². The molecule has 0 atom stereocenters. The second-order valence-electron chi connectivity index (χ2n) is 6.00. The standard InChI is InChI=1S/C14H19BN2O4/c1-13(2)14(3,4)21-15(20-13)6-5-9-7-10(12(18)19)17-11(16)8-9/h5-8H,1-4H3,(H2,16,17)(H,18,19)/b6-5+. The van der Waals surface area contributed by atoms with Gasteiger partial charge in [0.05, 0.1) is 11.2 Å². The molecule has 1 aliphatic rings. The second-order valence-corrected chi connectivity index (χ2v) is 6.00. The molecule has 0 radical (unpaired) electrons. The molecule has 0 spiro atoms. The maximum Gasteiger partial charge on any atom is 0.487 e. The van der Waals surface area contributed by atoms with Crippen molar-refractivity contribution in [3.63, 3.8) is 0 Å². The van der Waals surface area contributed by atoms with Crippen molar-refractivity contribution in [2.24, 2.45) is 0 Å². The molecule has 1 aromatic heterocycles. The van der Waals surface area contributed by atoms with Gasteiger partial charge in [0.25, 0.3) is 0 Å². The van der Waals surface area contributed by atoms with Crippen LogP contribution >= 0.6 is 0 Å². The zero-order chi connectivity index (χ0) is 15.8. The molecule has 112 valence electrons. The first-order valence-corrected chi connectivity index (χ1v) is 6.65. The average molecular weight is 290 g/mol. The number of carbonyl (C=O) groups is 1. The van der Waals surface area contributed by atoms with Crippen LogP contribution in [0.1, 0.15) is 43.7 Å². The lowest BCUT2D eigenvalue weighted by Crippen LogP contribution is -2.41. The molecule has 0 saturated carbocycles. The average Bonchev–Trinajstić information content (AvgIpc) is 2.54. The lowest BCUT2D eigenvalue weighted by Gasteiger charge is -2.32. The van der Waals surface area contributed by atoms with E-state index in [9.17, 15) is 4.79 Å². The van der Waals surface area contributed by atoms with E-state index in [1.54, 1.807) is 18.1 Å². The minimum absolute atomic E-state index is 0.0939. The smallest absolute Gasteiger partial charge is 0.477 e. The number of pyridine rings is 1. The summed E-state index contributed by atoms with van der Waals surface area (Å²) in [6.07, 6.45) is 1.71. The molecule has 1 aliphatic heterocycles. The van der Waals surface area contributed by atoms with E-state index in [0.29, 0.717) is 5.56 Å². The van der Waals surface area contributed by atoms with Crippen LogP contribution in [0.15, 0.2) is 18.1 Å². The summed E-state index contributed by atoms with van der Waals surface area (Å²) in [5, 5.41) is 8.96. The van der Waals surface area contributed by atoms with E-state index in [2.05, 4.69) is 4.98 Å². The quantitative estimate of drug-likeness (QED) is 0.827. The first-order valence-electron chi connectivity index (χ1n) is 6.65. The molecule has 0 bridgehead atoms. The molecule has 0 aromatic carbocycles. The van der Waals surface area contributed by atoms with Crippen molar-refractivity contribution >= 4 is 25.0 Å². The molecule has 0 unspecified atom stereocenters. The van der Waals surface area contributed by atoms with Crippen molar-refractivity contribution in [3.8, 4) is 0 Å². The number of hydrogen-bond donors (Lipinski definition) is 2. The maximum absolute atomic E-state index is 10.9. The van der Waals surface area contributed by atoms with Crippen LogP contribution in [0, 0.1) is 0 Å². The normalized spacial score (nSPS) is 20.1.